The molecule has 0 saturated carbocycles. The number of anilines is 1. The zero-order valence-electron chi connectivity index (χ0n) is 14.7. The van der Waals surface area contributed by atoms with Crippen molar-refractivity contribution in [1.29, 1.82) is 0 Å². The van der Waals surface area contributed by atoms with Crippen molar-refractivity contribution in [2.24, 2.45) is 0 Å². The van der Waals surface area contributed by atoms with Gasteiger partial charge < -0.3 is 10.2 Å². The van der Waals surface area contributed by atoms with Crippen molar-refractivity contribution >= 4 is 23.2 Å². The van der Waals surface area contributed by atoms with Crippen LogP contribution in [0.2, 0.25) is 5.02 Å². The average Bonchev–Trinajstić information content (AvgIpc) is 2.60. The minimum absolute atomic E-state index is 0.0403. The van der Waals surface area contributed by atoms with Crippen LogP contribution in [0.4, 0.5) is 5.69 Å². The molecule has 1 aliphatic heterocycles. The molecular formula is C20H24ClN3O. The maximum absolute atomic E-state index is 13.1. The number of amides is 1. The van der Waals surface area contributed by atoms with Crippen molar-refractivity contribution in [3.05, 3.63) is 64.7 Å². The van der Waals surface area contributed by atoms with E-state index in [1.807, 2.05) is 55.5 Å². The van der Waals surface area contributed by atoms with E-state index in [4.69, 9.17) is 11.6 Å². The topological polar surface area (TPSA) is 35.6 Å². The second-order valence-corrected chi connectivity index (χ2v) is 7.03. The molecule has 0 aliphatic carbocycles. The van der Waals surface area contributed by atoms with Crippen LogP contribution in [0.25, 0.3) is 0 Å². The number of nitrogens with zero attached hydrogens (tertiary/aromatic N) is 2. The molecule has 1 saturated heterocycles. The average molecular weight is 358 g/mol. The van der Waals surface area contributed by atoms with E-state index in [0.717, 1.165) is 37.3 Å². The number of piperazine rings is 1. The molecule has 1 heterocycles. The molecule has 0 unspecified atom stereocenters. The molecule has 0 radical (unpaired) electrons. The van der Waals surface area contributed by atoms with Crippen molar-refractivity contribution in [3.8, 4) is 0 Å². The Morgan fingerprint density at radius 2 is 1.76 bits per heavy atom. The minimum Gasteiger partial charge on any atom is -0.323 e. The standard InChI is InChI=1S/C20H24ClN3O/c1-15-8-9-18(17(21)14-15)22-20(25)19(16-6-4-3-5-7-16)24-12-10-23(2)11-13-24/h3-9,14,19H,10-13H2,1-2H3,(H,22,25)/t19-/m0/s1. The number of carbonyl (C=O) groups excluding carboxylic acids is 1. The highest BCUT2D eigenvalue weighted by molar-refractivity contribution is 6.33. The number of benzene rings is 2. The lowest BCUT2D eigenvalue weighted by Gasteiger charge is -2.37. The van der Waals surface area contributed by atoms with Gasteiger partial charge in [0.2, 0.25) is 5.91 Å². The van der Waals surface area contributed by atoms with Gasteiger partial charge in [0, 0.05) is 26.2 Å². The third-order valence-corrected chi connectivity index (χ3v) is 4.96. The van der Waals surface area contributed by atoms with E-state index in [-0.39, 0.29) is 11.9 Å². The Morgan fingerprint density at radius 3 is 2.40 bits per heavy atom. The van der Waals surface area contributed by atoms with E-state index in [2.05, 4.69) is 22.2 Å². The fraction of sp³-hybridized carbons (Fsp3) is 0.350. The molecule has 1 amide bonds. The first-order valence-electron chi connectivity index (χ1n) is 8.59. The number of nitrogens with one attached hydrogen (secondary N) is 1. The van der Waals surface area contributed by atoms with Gasteiger partial charge in [-0.2, -0.15) is 0 Å². The molecule has 1 N–H and O–H groups in total. The number of hydrogen-bond acceptors (Lipinski definition) is 3. The van der Waals surface area contributed by atoms with Crippen LogP contribution in [0.15, 0.2) is 48.5 Å². The lowest BCUT2D eigenvalue weighted by atomic mass is 10.0. The highest BCUT2D eigenvalue weighted by atomic mass is 35.5. The number of rotatable bonds is 4. The van der Waals surface area contributed by atoms with Gasteiger partial charge in [0.1, 0.15) is 6.04 Å². The smallest absolute Gasteiger partial charge is 0.246 e. The predicted molar refractivity (Wildman–Crippen MR) is 103 cm³/mol. The van der Waals surface area contributed by atoms with Gasteiger partial charge in [-0.25, -0.2) is 0 Å². The number of halogens is 1. The van der Waals surface area contributed by atoms with Crippen molar-refractivity contribution in [1.82, 2.24) is 9.80 Å². The molecule has 1 atom stereocenters. The van der Waals surface area contributed by atoms with Crippen molar-refractivity contribution in [2.45, 2.75) is 13.0 Å². The maximum atomic E-state index is 13.1. The quantitative estimate of drug-likeness (QED) is 0.908. The lowest BCUT2D eigenvalue weighted by Crippen LogP contribution is -2.48. The van der Waals surface area contributed by atoms with Crippen LogP contribution in [-0.4, -0.2) is 48.9 Å². The molecule has 1 fully saturated rings. The van der Waals surface area contributed by atoms with Gasteiger partial charge in [-0.05, 0) is 37.2 Å². The Hall–Kier alpha value is -1.88. The summed E-state index contributed by atoms with van der Waals surface area (Å²) in [6, 6.07) is 15.3. The highest BCUT2D eigenvalue weighted by Crippen LogP contribution is 2.27. The second kappa shape index (κ2) is 8.00. The van der Waals surface area contributed by atoms with Crippen LogP contribution < -0.4 is 5.32 Å². The number of likely N-dealkylation sites (N-methyl/N-ethyl adjacent to an activating group) is 1. The monoisotopic (exact) mass is 357 g/mol. The Bertz CT molecular complexity index is 727. The van der Waals surface area contributed by atoms with Crippen molar-refractivity contribution < 1.29 is 4.79 Å². The van der Waals surface area contributed by atoms with Crippen LogP contribution in [0.1, 0.15) is 17.2 Å². The van der Waals surface area contributed by atoms with Crippen LogP contribution >= 0.6 is 11.6 Å². The fourth-order valence-electron chi connectivity index (χ4n) is 3.17. The summed E-state index contributed by atoms with van der Waals surface area (Å²) < 4.78 is 0. The maximum Gasteiger partial charge on any atom is 0.246 e. The highest BCUT2D eigenvalue weighted by Gasteiger charge is 2.30. The molecule has 3 rings (SSSR count). The van der Waals surface area contributed by atoms with Gasteiger partial charge in [-0.15, -0.1) is 0 Å². The fourth-order valence-corrected chi connectivity index (χ4v) is 3.45. The first-order chi connectivity index (χ1) is 12.0. The van der Waals surface area contributed by atoms with Crippen LogP contribution in [-0.2, 0) is 4.79 Å². The predicted octanol–water partition coefficient (Wildman–Crippen LogP) is 3.58. The molecule has 4 nitrogen and oxygen atoms in total. The second-order valence-electron chi connectivity index (χ2n) is 6.63. The Morgan fingerprint density at radius 1 is 1.08 bits per heavy atom. The largest absolute Gasteiger partial charge is 0.323 e. The molecule has 25 heavy (non-hydrogen) atoms. The summed E-state index contributed by atoms with van der Waals surface area (Å²) >= 11 is 6.29. The van der Waals surface area contributed by atoms with Gasteiger partial charge in [0.25, 0.3) is 0 Å². The zero-order chi connectivity index (χ0) is 17.8. The lowest BCUT2D eigenvalue weighted by molar-refractivity contribution is -0.122. The molecule has 2 aromatic rings. The molecule has 2 aromatic carbocycles. The normalized spacial score (nSPS) is 17.2. The summed E-state index contributed by atoms with van der Waals surface area (Å²) in [5.74, 6) is -0.0403. The third-order valence-electron chi connectivity index (χ3n) is 4.65. The minimum atomic E-state index is -0.313. The van der Waals surface area contributed by atoms with E-state index in [1.54, 1.807) is 0 Å². The van der Waals surface area contributed by atoms with Crippen LogP contribution in [0.3, 0.4) is 0 Å². The summed E-state index contributed by atoms with van der Waals surface area (Å²) in [6.07, 6.45) is 0. The van der Waals surface area contributed by atoms with Crippen LogP contribution in [0.5, 0.6) is 0 Å². The Kier molecular flexibility index (Phi) is 5.74. The van der Waals surface area contributed by atoms with E-state index in [0.29, 0.717) is 10.7 Å². The van der Waals surface area contributed by atoms with Gasteiger partial charge in [-0.3, -0.25) is 9.69 Å². The Labute approximate surface area is 154 Å². The van der Waals surface area contributed by atoms with E-state index >= 15 is 0 Å². The summed E-state index contributed by atoms with van der Waals surface area (Å²) in [6.45, 7) is 5.63. The molecule has 132 valence electrons. The molecule has 0 bridgehead atoms. The first kappa shape index (κ1) is 17.9. The van der Waals surface area contributed by atoms with Crippen molar-refractivity contribution in [3.63, 3.8) is 0 Å². The number of hydrogen-bond donors (Lipinski definition) is 1. The number of aryl methyl sites for hydroxylation is 1. The zero-order valence-corrected chi connectivity index (χ0v) is 15.5. The summed E-state index contributed by atoms with van der Waals surface area (Å²) in [5, 5.41) is 3.59. The van der Waals surface area contributed by atoms with E-state index < -0.39 is 0 Å². The molecule has 0 spiro atoms. The van der Waals surface area contributed by atoms with E-state index in [1.165, 1.54) is 0 Å². The Balaban J connectivity index is 1.84. The summed E-state index contributed by atoms with van der Waals surface area (Å²) in [5.41, 5.74) is 2.74. The van der Waals surface area contributed by atoms with Crippen LogP contribution in [0, 0.1) is 6.92 Å². The van der Waals surface area contributed by atoms with Gasteiger partial charge in [-0.1, -0.05) is 48.0 Å². The summed E-state index contributed by atoms with van der Waals surface area (Å²) in [4.78, 5) is 17.6. The summed E-state index contributed by atoms with van der Waals surface area (Å²) in [7, 11) is 2.11. The SMILES string of the molecule is Cc1ccc(NC(=O)[C@H](c2ccccc2)N2CCN(C)CC2)c(Cl)c1. The molecule has 5 heteroatoms. The molecule has 0 aromatic heterocycles. The van der Waals surface area contributed by atoms with Gasteiger partial charge >= 0.3 is 0 Å². The van der Waals surface area contributed by atoms with Crippen molar-refractivity contribution in [2.75, 3.05) is 38.5 Å². The van der Waals surface area contributed by atoms with Gasteiger partial charge in [0.15, 0.2) is 0 Å². The molecule has 1 aliphatic rings. The number of carbonyl (C=O) groups is 1. The third kappa shape index (κ3) is 4.40. The van der Waals surface area contributed by atoms with E-state index in [9.17, 15) is 4.79 Å². The first-order valence-corrected chi connectivity index (χ1v) is 8.97. The molecular weight excluding hydrogens is 334 g/mol. The van der Waals surface area contributed by atoms with Gasteiger partial charge in [0.05, 0.1) is 10.7 Å².